The van der Waals surface area contributed by atoms with Crippen LogP contribution in [0.2, 0.25) is 0 Å². The van der Waals surface area contributed by atoms with Crippen molar-refractivity contribution in [3.8, 4) is 0 Å². The van der Waals surface area contributed by atoms with Crippen molar-refractivity contribution in [1.29, 1.82) is 0 Å². The van der Waals surface area contributed by atoms with Crippen molar-refractivity contribution in [3.63, 3.8) is 0 Å². The quantitative estimate of drug-likeness (QED) is 0.521. The highest BCUT2D eigenvalue weighted by Crippen LogP contribution is 2.29. The highest BCUT2D eigenvalue weighted by molar-refractivity contribution is 7.12. The van der Waals surface area contributed by atoms with E-state index in [9.17, 15) is 4.79 Å². The molecule has 2 unspecified atom stereocenters. The van der Waals surface area contributed by atoms with E-state index in [1.807, 2.05) is 60.8 Å². The van der Waals surface area contributed by atoms with Crippen LogP contribution in [0.1, 0.15) is 47.0 Å². The molecular formula is C22H21N3OS. The lowest BCUT2D eigenvalue weighted by atomic mass is 10.1. The molecule has 0 saturated heterocycles. The van der Waals surface area contributed by atoms with Crippen LogP contribution in [0.3, 0.4) is 0 Å². The number of aromatic nitrogens is 2. The van der Waals surface area contributed by atoms with Gasteiger partial charge in [0.2, 0.25) is 0 Å². The van der Waals surface area contributed by atoms with Crippen LogP contribution in [-0.4, -0.2) is 15.5 Å². The summed E-state index contributed by atoms with van der Waals surface area (Å²) in [5.41, 5.74) is 3.22. The Hall–Kier alpha value is -2.92. The van der Waals surface area contributed by atoms with Gasteiger partial charge in [-0.3, -0.25) is 4.79 Å². The van der Waals surface area contributed by atoms with E-state index >= 15 is 0 Å². The third-order valence-electron chi connectivity index (χ3n) is 4.77. The molecule has 0 aliphatic rings. The van der Waals surface area contributed by atoms with Gasteiger partial charge in [0.15, 0.2) is 0 Å². The summed E-state index contributed by atoms with van der Waals surface area (Å²) < 4.78 is 2.23. The predicted molar refractivity (Wildman–Crippen MR) is 110 cm³/mol. The van der Waals surface area contributed by atoms with Gasteiger partial charge in [-0.15, -0.1) is 11.3 Å². The maximum Gasteiger partial charge on any atom is 0.261 e. The number of hydrogen-bond donors (Lipinski definition) is 1. The van der Waals surface area contributed by atoms with Crippen molar-refractivity contribution >= 4 is 28.3 Å². The van der Waals surface area contributed by atoms with Gasteiger partial charge in [0, 0.05) is 0 Å². The number of fused-ring (bicyclic) bond motifs is 1. The van der Waals surface area contributed by atoms with Crippen molar-refractivity contribution in [3.05, 3.63) is 88.4 Å². The highest BCUT2D eigenvalue weighted by Gasteiger charge is 2.22. The van der Waals surface area contributed by atoms with Crippen LogP contribution in [0.5, 0.6) is 0 Å². The number of benzene rings is 2. The van der Waals surface area contributed by atoms with Crippen molar-refractivity contribution in [1.82, 2.24) is 14.9 Å². The van der Waals surface area contributed by atoms with Crippen molar-refractivity contribution in [2.24, 2.45) is 0 Å². The largest absolute Gasteiger partial charge is 0.342 e. The van der Waals surface area contributed by atoms with E-state index in [1.54, 1.807) is 0 Å². The fourth-order valence-electron chi connectivity index (χ4n) is 3.40. The molecule has 4 aromatic rings. The molecule has 27 heavy (non-hydrogen) atoms. The maximum atomic E-state index is 12.5. The summed E-state index contributed by atoms with van der Waals surface area (Å²) in [7, 11) is 0. The van der Waals surface area contributed by atoms with E-state index in [1.165, 1.54) is 16.9 Å². The molecule has 0 aliphatic carbocycles. The average Bonchev–Trinajstić information content (AvgIpc) is 3.36. The standard InChI is InChI=1S/C22H21N3OS/c1-15(23-22(26)20-13-8-14-27-20)21-24-18-11-6-7-12-19(18)25(21)16(2)17-9-4-3-5-10-17/h3-16H,1-2H3,(H,23,26). The molecule has 0 bridgehead atoms. The zero-order chi connectivity index (χ0) is 18.8. The van der Waals surface area contributed by atoms with E-state index < -0.39 is 0 Å². The molecule has 136 valence electrons. The van der Waals surface area contributed by atoms with Gasteiger partial charge < -0.3 is 9.88 Å². The Bertz CT molecular complexity index is 1050. The van der Waals surface area contributed by atoms with E-state index in [4.69, 9.17) is 4.98 Å². The third-order valence-corrected chi connectivity index (χ3v) is 5.64. The topological polar surface area (TPSA) is 46.9 Å². The lowest BCUT2D eigenvalue weighted by Gasteiger charge is -2.21. The molecule has 1 N–H and O–H groups in total. The zero-order valence-electron chi connectivity index (χ0n) is 15.3. The molecule has 0 spiro atoms. The minimum absolute atomic E-state index is 0.0662. The Morgan fingerprint density at radius 1 is 1.00 bits per heavy atom. The summed E-state index contributed by atoms with van der Waals surface area (Å²) in [6.45, 7) is 4.15. The Kier molecular flexibility index (Phi) is 4.77. The van der Waals surface area contributed by atoms with Gasteiger partial charge in [-0.25, -0.2) is 4.98 Å². The number of hydrogen-bond acceptors (Lipinski definition) is 3. The fourth-order valence-corrected chi connectivity index (χ4v) is 4.02. The van der Waals surface area contributed by atoms with Crippen molar-refractivity contribution in [2.45, 2.75) is 25.9 Å². The number of para-hydroxylation sites is 2. The molecule has 1 amide bonds. The molecule has 2 heterocycles. The fraction of sp³-hybridized carbons (Fsp3) is 0.182. The van der Waals surface area contributed by atoms with Gasteiger partial charge in [0.25, 0.3) is 5.91 Å². The molecule has 4 rings (SSSR count). The number of carbonyl (C=O) groups is 1. The van der Waals surface area contributed by atoms with Gasteiger partial charge in [-0.2, -0.15) is 0 Å². The molecule has 5 heteroatoms. The molecule has 0 saturated carbocycles. The Morgan fingerprint density at radius 3 is 2.48 bits per heavy atom. The van der Waals surface area contributed by atoms with Crippen LogP contribution in [0, 0.1) is 0 Å². The van der Waals surface area contributed by atoms with Crippen LogP contribution in [0.4, 0.5) is 0 Å². The minimum atomic E-state index is -0.210. The normalized spacial score (nSPS) is 13.4. The molecule has 4 nitrogen and oxygen atoms in total. The predicted octanol–water partition coefficient (Wildman–Crippen LogP) is 5.20. The number of nitrogens with one attached hydrogen (secondary N) is 1. The van der Waals surface area contributed by atoms with Gasteiger partial charge in [-0.05, 0) is 43.0 Å². The van der Waals surface area contributed by atoms with Crippen LogP contribution in [-0.2, 0) is 0 Å². The second kappa shape index (κ2) is 7.37. The lowest BCUT2D eigenvalue weighted by molar-refractivity contribution is 0.0941. The Labute approximate surface area is 162 Å². The molecule has 0 aliphatic heterocycles. The number of imidazole rings is 1. The summed E-state index contributed by atoms with van der Waals surface area (Å²) >= 11 is 1.44. The Morgan fingerprint density at radius 2 is 1.74 bits per heavy atom. The van der Waals surface area contributed by atoms with Gasteiger partial charge >= 0.3 is 0 Å². The first-order valence-corrected chi connectivity index (χ1v) is 9.89. The van der Waals surface area contributed by atoms with Gasteiger partial charge in [0.1, 0.15) is 5.82 Å². The van der Waals surface area contributed by atoms with Crippen LogP contribution >= 0.6 is 11.3 Å². The third kappa shape index (κ3) is 3.38. The highest BCUT2D eigenvalue weighted by atomic mass is 32.1. The Balaban J connectivity index is 1.75. The van der Waals surface area contributed by atoms with Crippen molar-refractivity contribution in [2.75, 3.05) is 0 Å². The summed E-state index contributed by atoms with van der Waals surface area (Å²) in [5, 5.41) is 5.00. The number of rotatable bonds is 5. The summed E-state index contributed by atoms with van der Waals surface area (Å²) in [6.07, 6.45) is 0. The molecule has 2 atom stereocenters. The zero-order valence-corrected chi connectivity index (χ0v) is 16.1. The molecule has 2 aromatic carbocycles. The summed E-state index contributed by atoms with van der Waals surface area (Å²) in [4.78, 5) is 18.1. The molecular weight excluding hydrogens is 354 g/mol. The molecule has 0 radical (unpaired) electrons. The first-order chi connectivity index (χ1) is 13.1. The van der Waals surface area contributed by atoms with E-state index in [2.05, 4.69) is 35.0 Å². The average molecular weight is 375 g/mol. The second-order valence-electron chi connectivity index (χ2n) is 6.59. The van der Waals surface area contributed by atoms with E-state index in [-0.39, 0.29) is 18.0 Å². The first kappa shape index (κ1) is 17.5. The molecule has 0 fully saturated rings. The number of carbonyl (C=O) groups excluding carboxylic acids is 1. The summed E-state index contributed by atoms with van der Waals surface area (Å²) in [5.74, 6) is 0.793. The van der Waals surface area contributed by atoms with Gasteiger partial charge in [0.05, 0.1) is 28.0 Å². The van der Waals surface area contributed by atoms with Crippen LogP contribution < -0.4 is 5.32 Å². The minimum Gasteiger partial charge on any atom is -0.342 e. The van der Waals surface area contributed by atoms with E-state index in [0.717, 1.165) is 16.9 Å². The van der Waals surface area contributed by atoms with E-state index in [0.29, 0.717) is 4.88 Å². The maximum absolute atomic E-state index is 12.5. The monoisotopic (exact) mass is 375 g/mol. The summed E-state index contributed by atoms with van der Waals surface area (Å²) in [6, 6.07) is 22.1. The van der Waals surface area contributed by atoms with Gasteiger partial charge in [-0.1, -0.05) is 48.5 Å². The van der Waals surface area contributed by atoms with Crippen LogP contribution in [0.25, 0.3) is 11.0 Å². The van der Waals surface area contributed by atoms with Crippen LogP contribution in [0.15, 0.2) is 72.1 Å². The lowest BCUT2D eigenvalue weighted by Crippen LogP contribution is -2.28. The first-order valence-electron chi connectivity index (χ1n) is 9.01. The smallest absolute Gasteiger partial charge is 0.261 e. The number of amides is 1. The molecule has 2 aromatic heterocycles. The number of thiophene rings is 1. The SMILES string of the molecule is CC(NC(=O)c1cccs1)c1nc2ccccc2n1C(C)c1ccccc1. The number of nitrogens with zero attached hydrogens (tertiary/aromatic N) is 2. The van der Waals surface area contributed by atoms with Crippen molar-refractivity contribution < 1.29 is 4.79 Å². The second-order valence-corrected chi connectivity index (χ2v) is 7.54.